The lowest BCUT2D eigenvalue weighted by Gasteiger charge is -2.22. The zero-order chi connectivity index (χ0) is 13.1. The monoisotopic (exact) mass is 252 g/mol. The van der Waals surface area contributed by atoms with E-state index in [0.29, 0.717) is 0 Å². The van der Waals surface area contributed by atoms with E-state index in [1.54, 1.807) is 23.3 Å². The second kappa shape index (κ2) is 5.24. The Balaban J connectivity index is 2.04. The van der Waals surface area contributed by atoms with Crippen LogP contribution in [-0.2, 0) is 0 Å². The van der Waals surface area contributed by atoms with Crippen LogP contribution in [0.2, 0.25) is 0 Å². The van der Waals surface area contributed by atoms with Crippen LogP contribution in [0.25, 0.3) is 5.57 Å². The summed E-state index contributed by atoms with van der Waals surface area (Å²) in [6, 6.07) is 10.2. The van der Waals surface area contributed by atoms with Gasteiger partial charge in [0.2, 0.25) is 0 Å². The van der Waals surface area contributed by atoms with Crippen molar-refractivity contribution in [3.63, 3.8) is 0 Å². The van der Waals surface area contributed by atoms with Crippen LogP contribution >= 0.6 is 0 Å². The first-order valence-electron chi connectivity index (χ1n) is 6.47. The maximum atomic E-state index is 10.5. The van der Waals surface area contributed by atoms with Gasteiger partial charge in [0.05, 0.1) is 6.33 Å². The van der Waals surface area contributed by atoms with Crippen molar-refractivity contribution >= 4 is 5.57 Å². The fraction of sp³-hybridized carbons (Fsp3) is 0.188. The molecule has 0 aliphatic heterocycles. The lowest BCUT2D eigenvalue weighted by molar-refractivity contribution is 0.138. The van der Waals surface area contributed by atoms with Crippen LogP contribution in [0.1, 0.15) is 24.6 Å². The molecule has 0 saturated heterocycles. The molecule has 1 heterocycles. The van der Waals surface area contributed by atoms with Gasteiger partial charge in [-0.3, -0.25) is 0 Å². The number of rotatable bonds is 3. The highest BCUT2D eigenvalue weighted by Gasteiger charge is 2.18. The first-order valence-corrected chi connectivity index (χ1v) is 6.47. The second-order valence-corrected chi connectivity index (χ2v) is 4.63. The quantitative estimate of drug-likeness (QED) is 0.911. The van der Waals surface area contributed by atoms with Crippen LogP contribution in [0.15, 0.2) is 66.8 Å². The lowest BCUT2D eigenvalue weighted by atomic mass is 9.91. The molecule has 3 nitrogen and oxygen atoms in total. The molecule has 0 amide bonds. The van der Waals surface area contributed by atoms with E-state index < -0.39 is 6.23 Å². The molecule has 19 heavy (non-hydrogen) atoms. The average molecular weight is 252 g/mol. The number of imidazole rings is 1. The summed E-state index contributed by atoms with van der Waals surface area (Å²) in [6.07, 6.45) is 10.6. The zero-order valence-corrected chi connectivity index (χ0v) is 10.6. The summed E-state index contributed by atoms with van der Waals surface area (Å²) in [5.41, 5.74) is 3.31. The average Bonchev–Trinajstić information content (AvgIpc) is 3.02. The molecule has 1 atom stereocenters. The summed E-state index contributed by atoms with van der Waals surface area (Å²) in [5.74, 6) is 0. The summed E-state index contributed by atoms with van der Waals surface area (Å²) in [4.78, 5) is 4.00. The van der Waals surface area contributed by atoms with E-state index >= 15 is 0 Å². The molecule has 0 radical (unpaired) electrons. The summed E-state index contributed by atoms with van der Waals surface area (Å²) < 4.78 is 1.73. The van der Waals surface area contributed by atoms with Gasteiger partial charge in [0, 0.05) is 12.4 Å². The Kier molecular flexibility index (Phi) is 3.29. The Morgan fingerprint density at radius 3 is 2.79 bits per heavy atom. The van der Waals surface area contributed by atoms with Crippen LogP contribution in [0.5, 0.6) is 0 Å². The van der Waals surface area contributed by atoms with Crippen LogP contribution in [0, 0.1) is 0 Å². The van der Waals surface area contributed by atoms with Crippen molar-refractivity contribution < 1.29 is 5.11 Å². The van der Waals surface area contributed by atoms with E-state index in [-0.39, 0.29) is 0 Å². The van der Waals surface area contributed by atoms with Crippen molar-refractivity contribution in [3.05, 3.63) is 72.3 Å². The molecule has 96 valence electrons. The standard InChI is InChI=1S/C16H16N2O/c19-16(18-11-10-17-12-18)15-9-5-4-8-14(15)13-6-2-1-3-7-13/h1-4,6-8,10-12,16,19H,5,9H2. The predicted octanol–water partition coefficient (Wildman–Crippen LogP) is 3.18. The van der Waals surface area contributed by atoms with E-state index in [4.69, 9.17) is 0 Å². The normalized spacial score (nSPS) is 16.7. The van der Waals surface area contributed by atoms with Crippen LogP contribution < -0.4 is 0 Å². The molecule has 0 fully saturated rings. The number of aliphatic hydroxyl groups is 1. The summed E-state index contributed by atoms with van der Waals surface area (Å²) in [5, 5.41) is 10.5. The number of allylic oxidation sites excluding steroid dienone is 3. The minimum Gasteiger partial charge on any atom is -0.369 e. The predicted molar refractivity (Wildman–Crippen MR) is 75.2 cm³/mol. The van der Waals surface area contributed by atoms with Crippen LogP contribution in [-0.4, -0.2) is 14.7 Å². The van der Waals surface area contributed by atoms with Gasteiger partial charge in [0.25, 0.3) is 0 Å². The largest absolute Gasteiger partial charge is 0.369 e. The number of aliphatic hydroxyl groups excluding tert-OH is 1. The highest BCUT2D eigenvalue weighted by molar-refractivity contribution is 5.77. The smallest absolute Gasteiger partial charge is 0.154 e. The Morgan fingerprint density at radius 2 is 2.05 bits per heavy atom. The molecule has 1 aliphatic carbocycles. The summed E-state index contributed by atoms with van der Waals surface area (Å²) in [7, 11) is 0. The van der Waals surface area contributed by atoms with Gasteiger partial charge in [0.15, 0.2) is 6.23 Å². The summed E-state index contributed by atoms with van der Waals surface area (Å²) >= 11 is 0. The summed E-state index contributed by atoms with van der Waals surface area (Å²) in [6.45, 7) is 0. The van der Waals surface area contributed by atoms with Crippen molar-refractivity contribution in [1.29, 1.82) is 0 Å². The topological polar surface area (TPSA) is 38.0 Å². The molecular weight excluding hydrogens is 236 g/mol. The van der Waals surface area contributed by atoms with Gasteiger partial charge >= 0.3 is 0 Å². The molecule has 3 rings (SSSR count). The third-order valence-electron chi connectivity index (χ3n) is 3.41. The van der Waals surface area contributed by atoms with Gasteiger partial charge in [-0.2, -0.15) is 0 Å². The molecule has 0 spiro atoms. The number of hydrogen-bond donors (Lipinski definition) is 1. The zero-order valence-electron chi connectivity index (χ0n) is 10.6. The van der Waals surface area contributed by atoms with Gasteiger partial charge in [-0.25, -0.2) is 4.98 Å². The molecule has 2 aromatic rings. The minimum absolute atomic E-state index is 0.636. The van der Waals surface area contributed by atoms with Crippen molar-refractivity contribution in [2.75, 3.05) is 0 Å². The maximum Gasteiger partial charge on any atom is 0.154 e. The highest BCUT2D eigenvalue weighted by atomic mass is 16.3. The minimum atomic E-state index is -0.636. The van der Waals surface area contributed by atoms with E-state index in [0.717, 1.165) is 29.6 Å². The molecule has 1 unspecified atom stereocenters. The molecule has 1 N–H and O–H groups in total. The molecule has 0 saturated carbocycles. The SMILES string of the molecule is OC(C1=C(c2ccccc2)C=CCC1)n1ccnc1. The van der Waals surface area contributed by atoms with Crippen molar-refractivity contribution in [2.45, 2.75) is 19.1 Å². The first kappa shape index (κ1) is 11.9. The molecule has 0 bridgehead atoms. The fourth-order valence-electron chi connectivity index (χ4n) is 2.44. The Morgan fingerprint density at radius 1 is 1.21 bits per heavy atom. The lowest BCUT2D eigenvalue weighted by Crippen LogP contribution is -2.12. The van der Waals surface area contributed by atoms with Gasteiger partial charge in [-0.1, -0.05) is 42.5 Å². The van der Waals surface area contributed by atoms with Crippen LogP contribution in [0.3, 0.4) is 0 Å². The van der Waals surface area contributed by atoms with E-state index in [1.807, 2.05) is 18.2 Å². The molecule has 1 aliphatic rings. The molecule has 1 aromatic heterocycles. The Labute approximate surface area is 112 Å². The first-order chi connectivity index (χ1) is 9.36. The van der Waals surface area contributed by atoms with Crippen molar-refractivity contribution in [3.8, 4) is 0 Å². The van der Waals surface area contributed by atoms with E-state index in [9.17, 15) is 5.11 Å². The van der Waals surface area contributed by atoms with Crippen molar-refractivity contribution in [2.24, 2.45) is 0 Å². The van der Waals surface area contributed by atoms with Gasteiger partial charge < -0.3 is 9.67 Å². The van der Waals surface area contributed by atoms with E-state index in [2.05, 4.69) is 29.3 Å². The van der Waals surface area contributed by atoms with Crippen LogP contribution in [0.4, 0.5) is 0 Å². The highest BCUT2D eigenvalue weighted by Crippen LogP contribution is 2.33. The molecule has 3 heteroatoms. The fourth-order valence-corrected chi connectivity index (χ4v) is 2.44. The Bertz CT molecular complexity index is 597. The Hall–Kier alpha value is -2.13. The van der Waals surface area contributed by atoms with Crippen molar-refractivity contribution in [1.82, 2.24) is 9.55 Å². The number of nitrogens with zero attached hydrogens (tertiary/aromatic N) is 2. The number of hydrogen-bond acceptors (Lipinski definition) is 2. The van der Waals surface area contributed by atoms with E-state index in [1.165, 1.54) is 0 Å². The van der Waals surface area contributed by atoms with Gasteiger partial charge in [-0.15, -0.1) is 0 Å². The third kappa shape index (κ3) is 2.37. The number of aromatic nitrogens is 2. The van der Waals surface area contributed by atoms with Gasteiger partial charge in [-0.05, 0) is 29.6 Å². The molecular formula is C16H16N2O. The number of benzene rings is 1. The second-order valence-electron chi connectivity index (χ2n) is 4.63. The third-order valence-corrected chi connectivity index (χ3v) is 3.41. The maximum absolute atomic E-state index is 10.5. The molecule has 1 aromatic carbocycles. The van der Waals surface area contributed by atoms with Gasteiger partial charge in [0.1, 0.15) is 0 Å².